The first kappa shape index (κ1) is 17.1. The molecule has 0 unspecified atom stereocenters. The second kappa shape index (κ2) is 7.88. The summed E-state index contributed by atoms with van der Waals surface area (Å²) in [6, 6.07) is 9.75. The lowest BCUT2D eigenvalue weighted by molar-refractivity contribution is -0.168. The summed E-state index contributed by atoms with van der Waals surface area (Å²) in [6.07, 6.45) is 1.31. The fourth-order valence-corrected chi connectivity index (χ4v) is 3.42. The van der Waals surface area contributed by atoms with Crippen LogP contribution in [0.1, 0.15) is 24.8 Å². The Morgan fingerprint density at radius 2 is 2.08 bits per heavy atom. The number of nitrogens with zero attached hydrogens (tertiary/aromatic N) is 1. The third-order valence-corrected chi connectivity index (χ3v) is 4.63. The first-order chi connectivity index (χ1) is 11.7. The Balaban J connectivity index is 1.51. The molecule has 2 aliphatic heterocycles. The van der Waals surface area contributed by atoms with Gasteiger partial charge in [-0.1, -0.05) is 30.3 Å². The van der Waals surface area contributed by atoms with Gasteiger partial charge in [-0.15, -0.1) is 0 Å². The lowest BCUT2D eigenvalue weighted by Gasteiger charge is -2.17. The summed E-state index contributed by atoms with van der Waals surface area (Å²) >= 11 is 0. The van der Waals surface area contributed by atoms with E-state index in [9.17, 15) is 9.59 Å². The van der Waals surface area contributed by atoms with Gasteiger partial charge >= 0.3 is 5.97 Å². The number of hydrogen-bond donors (Lipinski definition) is 0. The van der Waals surface area contributed by atoms with Gasteiger partial charge in [-0.25, -0.2) is 0 Å². The molecule has 2 fully saturated rings. The number of ether oxygens (including phenoxy) is 2. The number of carbonyl (C=O) groups excluding carboxylic acids is 2. The molecule has 0 radical (unpaired) electrons. The van der Waals surface area contributed by atoms with Crippen LogP contribution in [0.3, 0.4) is 0 Å². The van der Waals surface area contributed by atoms with Crippen LogP contribution in [0.5, 0.6) is 0 Å². The second-order valence-electron chi connectivity index (χ2n) is 6.18. The van der Waals surface area contributed by atoms with Crippen LogP contribution in [0, 0.1) is 5.92 Å². The van der Waals surface area contributed by atoms with Crippen LogP contribution in [-0.2, 0) is 30.5 Å². The van der Waals surface area contributed by atoms with E-state index in [1.807, 2.05) is 30.3 Å². The molecule has 0 aliphatic carbocycles. The minimum atomic E-state index is -0.747. The monoisotopic (exact) mass is 333 g/mol. The summed E-state index contributed by atoms with van der Waals surface area (Å²) < 4.78 is 10.4. The highest BCUT2D eigenvalue weighted by molar-refractivity contribution is 5.89. The largest absolute Gasteiger partial charge is 0.469 e. The normalized spacial score (nSPS) is 26.3. The third kappa shape index (κ3) is 3.66. The molecule has 2 saturated heterocycles. The molecule has 0 N–H and O–H groups in total. The Morgan fingerprint density at radius 3 is 2.83 bits per heavy atom. The van der Waals surface area contributed by atoms with Gasteiger partial charge < -0.3 is 9.47 Å². The van der Waals surface area contributed by atoms with Crippen LogP contribution in [0.25, 0.3) is 0 Å². The molecule has 3 rings (SSSR count). The van der Waals surface area contributed by atoms with Crippen LogP contribution in [0.15, 0.2) is 30.3 Å². The highest BCUT2D eigenvalue weighted by Crippen LogP contribution is 2.36. The Hall–Kier alpha value is -1.76. The molecule has 2 aliphatic rings. The molecule has 3 atom stereocenters. The average molecular weight is 333 g/mol. The Kier molecular flexibility index (Phi) is 5.60. The number of carbonyl (C=O) groups is 2. The number of rotatable bonds is 7. The third-order valence-electron chi connectivity index (χ3n) is 4.63. The quantitative estimate of drug-likeness (QED) is 0.559. The van der Waals surface area contributed by atoms with E-state index in [0.717, 1.165) is 24.9 Å². The van der Waals surface area contributed by atoms with Gasteiger partial charge in [0.05, 0.1) is 26.4 Å². The van der Waals surface area contributed by atoms with Crippen LogP contribution in [0.2, 0.25) is 0 Å². The number of fused-ring (bicyclic) bond motifs is 1. The maximum absolute atomic E-state index is 12.5. The van der Waals surface area contributed by atoms with E-state index in [4.69, 9.17) is 14.3 Å². The molecule has 1 aromatic rings. The number of hydrogen-bond acceptors (Lipinski definition) is 6. The SMILES string of the molecule is COC(=O)[C@@H]1[C@@H](C(=O)CCOCc2ccccc2)ON2CCC[C@H]12. The van der Waals surface area contributed by atoms with Crippen LogP contribution in [0.4, 0.5) is 0 Å². The maximum Gasteiger partial charge on any atom is 0.313 e. The fourth-order valence-electron chi connectivity index (χ4n) is 3.42. The van der Waals surface area contributed by atoms with E-state index in [1.165, 1.54) is 7.11 Å². The summed E-state index contributed by atoms with van der Waals surface area (Å²) in [5.41, 5.74) is 1.06. The zero-order chi connectivity index (χ0) is 16.9. The van der Waals surface area contributed by atoms with E-state index in [2.05, 4.69) is 0 Å². The Labute approximate surface area is 141 Å². The van der Waals surface area contributed by atoms with Crippen molar-refractivity contribution < 1.29 is 23.9 Å². The molecular weight excluding hydrogens is 310 g/mol. The Morgan fingerprint density at radius 1 is 1.29 bits per heavy atom. The maximum atomic E-state index is 12.5. The van der Waals surface area contributed by atoms with E-state index in [-0.39, 0.29) is 24.2 Å². The standard InChI is InChI=1S/C18H23NO5/c1-22-18(21)16-14-8-5-10-19(14)24-17(16)15(20)9-11-23-12-13-6-3-2-4-7-13/h2-4,6-7,14,16-17H,5,8-12H2,1H3/t14-,16+,17-/m1/s1. The molecule has 0 saturated carbocycles. The number of benzene rings is 1. The number of ketones is 1. The molecule has 0 spiro atoms. The van der Waals surface area contributed by atoms with E-state index in [1.54, 1.807) is 5.06 Å². The molecule has 0 amide bonds. The Bertz CT molecular complexity index is 576. The molecular formula is C18H23NO5. The predicted octanol–water partition coefficient (Wildman–Crippen LogP) is 1.73. The first-order valence-corrected chi connectivity index (χ1v) is 8.36. The molecule has 130 valence electrons. The van der Waals surface area contributed by atoms with E-state index >= 15 is 0 Å². The van der Waals surface area contributed by atoms with Gasteiger partial charge in [0.25, 0.3) is 0 Å². The van der Waals surface area contributed by atoms with Crippen molar-refractivity contribution in [2.24, 2.45) is 5.92 Å². The topological polar surface area (TPSA) is 65.1 Å². The summed E-state index contributed by atoms with van der Waals surface area (Å²) in [6.45, 7) is 1.54. The predicted molar refractivity (Wildman–Crippen MR) is 85.8 cm³/mol. The molecule has 24 heavy (non-hydrogen) atoms. The van der Waals surface area contributed by atoms with Crippen molar-refractivity contribution in [1.29, 1.82) is 0 Å². The summed E-state index contributed by atoms with van der Waals surface area (Å²) in [5.74, 6) is -1.00. The van der Waals surface area contributed by atoms with E-state index in [0.29, 0.717) is 13.2 Å². The fraction of sp³-hybridized carbons (Fsp3) is 0.556. The first-order valence-electron chi connectivity index (χ1n) is 8.36. The van der Waals surface area contributed by atoms with Crippen molar-refractivity contribution in [3.05, 3.63) is 35.9 Å². The van der Waals surface area contributed by atoms with Gasteiger partial charge in [-0.2, -0.15) is 5.06 Å². The summed E-state index contributed by atoms with van der Waals surface area (Å²) in [5, 5.41) is 1.77. The van der Waals surface area contributed by atoms with Gasteiger partial charge in [-0.05, 0) is 18.4 Å². The van der Waals surface area contributed by atoms with Crippen molar-refractivity contribution in [1.82, 2.24) is 5.06 Å². The highest BCUT2D eigenvalue weighted by Gasteiger charge is 2.52. The summed E-state index contributed by atoms with van der Waals surface area (Å²) in [7, 11) is 1.35. The van der Waals surface area contributed by atoms with Gasteiger partial charge in [0.15, 0.2) is 11.9 Å². The van der Waals surface area contributed by atoms with Crippen LogP contribution in [-0.4, -0.2) is 49.2 Å². The molecule has 6 nitrogen and oxygen atoms in total. The van der Waals surface area contributed by atoms with E-state index < -0.39 is 12.0 Å². The van der Waals surface area contributed by atoms with Crippen molar-refractivity contribution in [3.63, 3.8) is 0 Å². The minimum absolute atomic E-state index is 0.0448. The van der Waals surface area contributed by atoms with Crippen LogP contribution >= 0.6 is 0 Å². The van der Waals surface area contributed by atoms with Crippen molar-refractivity contribution in [2.45, 2.75) is 38.0 Å². The average Bonchev–Trinajstić information content (AvgIpc) is 3.19. The number of esters is 1. The number of methoxy groups -OCH3 is 1. The van der Waals surface area contributed by atoms with Gasteiger partial charge in [0.2, 0.25) is 0 Å². The lowest BCUT2D eigenvalue weighted by atomic mass is 9.90. The zero-order valence-corrected chi connectivity index (χ0v) is 13.8. The zero-order valence-electron chi connectivity index (χ0n) is 13.8. The van der Waals surface area contributed by atoms with Gasteiger partial charge in [0.1, 0.15) is 5.92 Å². The minimum Gasteiger partial charge on any atom is -0.469 e. The van der Waals surface area contributed by atoms with Crippen molar-refractivity contribution in [3.8, 4) is 0 Å². The number of hydroxylamine groups is 2. The van der Waals surface area contributed by atoms with Crippen LogP contribution < -0.4 is 0 Å². The lowest BCUT2D eigenvalue weighted by Crippen LogP contribution is -2.37. The molecule has 1 aromatic carbocycles. The molecule has 6 heteroatoms. The van der Waals surface area contributed by atoms with Crippen molar-refractivity contribution >= 4 is 11.8 Å². The van der Waals surface area contributed by atoms with Gasteiger partial charge in [0, 0.05) is 13.0 Å². The molecule has 0 bridgehead atoms. The number of Topliss-reactive ketones (excluding diaryl/α,β-unsaturated/α-hetero) is 1. The smallest absolute Gasteiger partial charge is 0.313 e. The molecule has 2 heterocycles. The molecule has 0 aromatic heterocycles. The summed E-state index contributed by atoms with van der Waals surface area (Å²) in [4.78, 5) is 30.3. The second-order valence-corrected chi connectivity index (χ2v) is 6.18. The van der Waals surface area contributed by atoms with Crippen molar-refractivity contribution in [2.75, 3.05) is 20.3 Å². The van der Waals surface area contributed by atoms with Gasteiger partial charge in [-0.3, -0.25) is 14.4 Å². The highest BCUT2D eigenvalue weighted by atomic mass is 16.7.